The summed E-state index contributed by atoms with van der Waals surface area (Å²) in [6.07, 6.45) is 1.77. The van der Waals surface area contributed by atoms with E-state index in [0.717, 1.165) is 22.7 Å². The van der Waals surface area contributed by atoms with E-state index in [2.05, 4.69) is 20.6 Å². The molecule has 2 heterocycles. The van der Waals surface area contributed by atoms with E-state index < -0.39 is 10.0 Å². The van der Waals surface area contributed by atoms with Gasteiger partial charge in [0.2, 0.25) is 10.0 Å². The van der Waals surface area contributed by atoms with Crippen LogP contribution in [-0.2, 0) is 10.0 Å². The number of benzene rings is 1. The number of sulfonamides is 1. The highest BCUT2D eigenvalue weighted by Gasteiger charge is 2.27. The minimum Gasteiger partial charge on any atom is -0.298 e. The molecule has 3 aromatic rings. The number of thiazole rings is 1. The SMILES string of the molecule is O=C(NNc1ccc(S(=O)(=O)NC2CC2)cc1)c1csc(-c2cccs2)n1. The largest absolute Gasteiger partial charge is 0.298 e. The summed E-state index contributed by atoms with van der Waals surface area (Å²) in [6, 6.07) is 10.1. The molecule has 2 aromatic heterocycles. The van der Waals surface area contributed by atoms with Crippen molar-refractivity contribution in [1.29, 1.82) is 0 Å². The van der Waals surface area contributed by atoms with Gasteiger partial charge in [0.25, 0.3) is 5.91 Å². The Kier molecular flexibility index (Phi) is 4.96. The van der Waals surface area contributed by atoms with Crippen LogP contribution in [0.1, 0.15) is 23.3 Å². The Bertz CT molecular complexity index is 1040. The zero-order valence-electron chi connectivity index (χ0n) is 14.0. The maximum Gasteiger partial charge on any atom is 0.289 e. The highest BCUT2D eigenvalue weighted by atomic mass is 32.2. The lowest BCUT2D eigenvalue weighted by atomic mass is 10.3. The number of nitrogens with one attached hydrogen (secondary N) is 3. The van der Waals surface area contributed by atoms with Gasteiger partial charge < -0.3 is 0 Å². The maximum atomic E-state index is 12.2. The zero-order chi connectivity index (χ0) is 18.9. The number of nitrogens with zero attached hydrogens (tertiary/aromatic N) is 1. The molecule has 4 rings (SSSR count). The monoisotopic (exact) mass is 420 g/mol. The van der Waals surface area contributed by atoms with Gasteiger partial charge in [0.15, 0.2) is 0 Å². The number of hydrazine groups is 1. The van der Waals surface area contributed by atoms with Crippen LogP contribution in [0, 0.1) is 0 Å². The molecule has 1 aliphatic rings. The fraction of sp³-hybridized carbons (Fsp3) is 0.176. The van der Waals surface area contributed by atoms with Crippen molar-refractivity contribution in [3.63, 3.8) is 0 Å². The Hall–Kier alpha value is -2.27. The number of thiophene rings is 1. The van der Waals surface area contributed by atoms with Crippen LogP contribution in [0.5, 0.6) is 0 Å². The van der Waals surface area contributed by atoms with Crippen molar-refractivity contribution < 1.29 is 13.2 Å². The lowest BCUT2D eigenvalue weighted by molar-refractivity contribution is 0.0958. The molecule has 1 fully saturated rings. The van der Waals surface area contributed by atoms with E-state index in [1.54, 1.807) is 28.8 Å². The minimum atomic E-state index is -3.48. The molecule has 0 radical (unpaired) electrons. The van der Waals surface area contributed by atoms with Gasteiger partial charge in [0, 0.05) is 11.4 Å². The van der Waals surface area contributed by atoms with Crippen molar-refractivity contribution >= 4 is 44.3 Å². The van der Waals surface area contributed by atoms with Crippen molar-refractivity contribution in [2.45, 2.75) is 23.8 Å². The van der Waals surface area contributed by atoms with Crippen molar-refractivity contribution in [1.82, 2.24) is 15.1 Å². The maximum absolute atomic E-state index is 12.2. The molecule has 140 valence electrons. The first-order chi connectivity index (χ1) is 13.0. The van der Waals surface area contributed by atoms with Gasteiger partial charge in [-0.25, -0.2) is 18.1 Å². The summed E-state index contributed by atoms with van der Waals surface area (Å²) >= 11 is 2.98. The van der Waals surface area contributed by atoms with Crippen LogP contribution in [0.4, 0.5) is 5.69 Å². The molecule has 10 heteroatoms. The molecule has 0 aliphatic heterocycles. The molecular weight excluding hydrogens is 404 g/mol. The predicted octanol–water partition coefficient (Wildman–Crippen LogP) is 3.07. The number of hydrogen-bond acceptors (Lipinski definition) is 7. The summed E-state index contributed by atoms with van der Waals surface area (Å²) in [7, 11) is -3.48. The molecule has 0 unspecified atom stereocenters. The Morgan fingerprint density at radius 3 is 2.56 bits per heavy atom. The summed E-state index contributed by atoms with van der Waals surface area (Å²) in [5.74, 6) is -0.360. The molecule has 1 saturated carbocycles. The lowest BCUT2D eigenvalue weighted by Gasteiger charge is -2.09. The van der Waals surface area contributed by atoms with E-state index in [9.17, 15) is 13.2 Å². The van der Waals surface area contributed by atoms with Crippen LogP contribution >= 0.6 is 22.7 Å². The quantitative estimate of drug-likeness (QED) is 0.510. The summed E-state index contributed by atoms with van der Waals surface area (Å²) < 4.78 is 26.9. The van der Waals surface area contributed by atoms with Gasteiger partial charge in [-0.05, 0) is 48.6 Å². The molecule has 0 spiro atoms. The third-order valence-corrected chi connectivity index (χ3v) is 7.27. The predicted molar refractivity (Wildman–Crippen MR) is 106 cm³/mol. The second kappa shape index (κ2) is 7.39. The molecule has 1 aromatic carbocycles. The number of rotatable bonds is 7. The average molecular weight is 421 g/mol. The second-order valence-corrected chi connectivity index (χ2v) is 9.53. The van der Waals surface area contributed by atoms with E-state index in [1.165, 1.54) is 23.5 Å². The highest BCUT2D eigenvalue weighted by molar-refractivity contribution is 7.89. The molecule has 7 nitrogen and oxygen atoms in total. The van der Waals surface area contributed by atoms with Gasteiger partial charge in [-0.3, -0.25) is 15.6 Å². The van der Waals surface area contributed by atoms with Gasteiger partial charge >= 0.3 is 0 Å². The van der Waals surface area contributed by atoms with Crippen LogP contribution in [0.3, 0.4) is 0 Å². The first-order valence-corrected chi connectivity index (χ1v) is 11.4. The van der Waals surface area contributed by atoms with Gasteiger partial charge in [-0.2, -0.15) is 0 Å². The second-order valence-electron chi connectivity index (χ2n) is 6.01. The topological polar surface area (TPSA) is 100 Å². The van der Waals surface area contributed by atoms with Gasteiger partial charge in [-0.1, -0.05) is 6.07 Å². The van der Waals surface area contributed by atoms with E-state index in [0.29, 0.717) is 11.4 Å². The van der Waals surface area contributed by atoms with Crippen LogP contribution in [0.25, 0.3) is 9.88 Å². The van der Waals surface area contributed by atoms with E-state index >= 15 is 0 Å². The number of aromatic nitrogens is 1. The molecule has 0 atom stereocenters. The summed E-state index contributed by atoms with van der Waals surface area (Å²) in [5.41, 5.74) is 6.23. The standard InChI is InChI=1S/C17H16N4O3S3/c22-16(14-10-26-17(18-14)15-2-1-9-25-15)20-19-11-5-7-13(8-6-11)27(23,24)21-12-3-4-12/h1-2,5-10,12,19,21H,3-4H2,(H,20,22). The Morgan fingerprint density at radius 2 is 1.89 bits per heavy atom. The fourth-order valence-corrected chi connectivity index (χ4v) is 5.21. The van der Waals surface area contributed by atoms with Crippen molar-refractivity contribution in [3.05, 3.63) is 52.9 Å². The molecule has 0 bridgehead atoms. The number of amides is 1. The lowest BCUT2D eigenvalue weighted by Crippen LogP contribution is -2.29. The molecule has 3 N–H and O–H groups in total. The van der Waals surface area contributed by atoms with Gasteiger partial charge in [-0.15, -0.1) is 22.7 Å². The van der Waals surface area contributed by atoms with Crippen LogP contribution in [0.2, 0.25) is 0 Å². The Balaban J connectivity index is 1.36. The molecule has 27 heavy (non-hydrogen) atoms. The Labute approximate surface area is 164 Å². The summed E-state index contributed by atoms with van der Waals surface area (Å²) in [4.78, 5) is 17.8. The van der Waals surface area contributed by atoms with Gasteiger partial charge in [0.1, 0.15) is 10.7 Å². The Morgan fingerprint density at radius 1 is 1.11 bits per heavy atom. The highest BCUT2D eigenvalue weighted by Crippen LogP contribution is 2.27. The molecule has 1 amide bonds. The molecule has 0 saturated heterocycles. The number of carbonyl (C=O) groups is 1. The van der Waals surface area contributed by atoms with E-state index in [-0.39, 0.29) is 16.8 Å². The van der Waals surface area contributed by atoms with Crippen LogP contribution in [-0.4, -0.2) is 25.4 Å². The fourth-order valence-electron chi connectivity index (χ4n) is 2.29. The van der Waals surface area contributed by atoms with Crippen LogP contribution in [0.15, 0.2) is 52.1 Å². The smallest absolute Gasteiger partial charge is 0.289 e. The summed E-state index contributed by atoms with van der Waals surface area (Å²) in [5, 5.41) is 4.46. The third kappa shape index (κ3) is 4.35. The first kappa shape index (κ1) is 18.1. The number of hydrogen-bond donors (Lipinski definition) is 3. The van der Waals surface area contributed by atoms with Crippen molar-refractivity contribution in [2.24, 2.45) is 0 Å². The van der Waals surface area contributed by atoms with Crippen molar-refractivity contribution in [2.75, 3.05) is 5.43 Å². The first-order valence-electron chi connectivity index (χ1n) is 8.19. The summed E-state index contributed by atoms with van der Waals surface area (Å²) in [6.45, 7) is 0. The molecular formula is C17H16N4O3S3. The molecule has 1 aliphatic carbocycles. The zero-order valence-corrected chi connectivity index (χ0v) is 16.5. The van der Waals surface area contributed by atoms with E-state index in [4.69, 9.17) is 0 Å². The minimum absolute atomic E-state index is 0.0595. The van der Waals surface area contributed by atoms with E-state index in [1.807, 2.05) is 17.5 Å². The normalized spacial score (nSPS) is 14.1. The van der Waals surface area contributed by atoms with Crippen molar-refractivity contribution in [3.8, 4) is 9.88 Å². The van der Waals surface area contributed by atoms with Gasteiger partial charge in [0.05, 0.1) is 15.5 Å². The third-order valence-electron chi connectivity index (χ3n) is 3.85. The average Bonchev–Trinajstić information content (AvgIpc) is 3.14. The number of anilines is 1. The number of carbonyl (C=O) groups excluding carboxylic acids is 1. The van der Waals surface area contributed by atoms with Crippen LogP contribution < -0.4 is 15.6 Å².